The number of nitrogens with one attached hydrogen (secondary N) is 1. The molecule has 0 aromatic heterocycles. The van der Waals surface area contributed by atoms with Gasteiger partial charge in [0.15, 0.2) is 0 Å². The highest BCUT2D eigenvalue weighted by Gasteiger charge is 2.30. The van der Waals surface area contributed by atoms with Gasteiger partial charge in [-0.15, -0.1) is 0 Å². The van der Waals surface area contributed by atoms with E-state index in [4.69, 9.17) is 0 Å². The standard InChI is InChI=1S/C17H16F3NO2/c1-11-5-2-3-8-14(11)16(23)21-10-15(22)12-6-4-7-13(9-12)17(18,19)20/h2-9,15,22H,10H2,1H3,(H,21,23). The Balaban J connectivity index is 2.04. The summed E-state index contributed by atoms with van der Waals surface area (Å²) in [6.45, 7) is 1.60. The smallest absolute Gasteiger partial charge is 0.387 e. The molecule has 0 bridgehead atoms. The van der Waals surface area contributed by atoms with Crippen LogP contribution < -0.4 is 5.32 Å². The van der Waals surface area contributed by atoms with Gasteiger partial charge in [-0.1, -0.05) is 30.3 Å². The summed E-state index contributed by atoms with van der Waals surface area (Å²) in [6, 6.07) is 11.4. The highest BCUT2D eigenvalue weighted by Crippen LogP contribution is 2.30. The van der Waals surface area contributed by atoms with E-state index in [0.717, 1.165) is 17.7 Å². The lowest BCUT2D eigenvalue weighted by molar-refractivity contribution is -0.137. The predicted octanol–water partition coefficient (Wildman–Crippen LogP) is 3.48. The molecule has 1 atom stereocenters. The van der Waals surface area contributed by atoms with E-state index in [0.29, 0.717) is 5.56 Å². The molecule has 2 N–H and O–H groups in total. The first-order valence-electron chi connectivity index (χ1n) is 6.98. The number of aliphatic hydroxyl groups is 1. The zero-order valence-corrected chi connectivity index (χ0v) is 12.4. The highest BCUT2D eigenvalue weighted by atomic mass is 19.4. The number of benzene rings is 2. The Bertz CT molecular complexity index is 698. The molecule has 1 amide bonds. The van der Waals surface area contributed by atoms with Gasteiger partial charge in [-0.3, -0.25) is 4.79 Å². The molecule has 0 aliphatic rings. The Kier molecular flexibility index (Phi) is 5.05. The van der Waals surface area contributed by atoms with Gasteiger partial charge in [0.1, 0.15) is 0 Å². The van der Waals surface area contributed by atoms with Crippen LogP contribution in [0.2, 0.25) is 0 Å². The van der Waals surface area contributed by atoms with E-state index in [9.17, 15) is 23.1 Å². The van der Waals surface area contributed by atoms with Gasteiger partial charge >= 0.3 is 6.18 Å². The number of halogens is 3. The van der Waals surface area contributed by atoms with Crippen molar-refractivity contribution in [3.05, 3.63) is 70.8 Å². The Labute approximate surface area is 131 Å². The molecule has 0 spiro atoms. The summed E-state index contributed by atoms with van der Waals surface area (Å²) in [7, 11) is 0. The van der Waals surface area contributed by atoms with Crippen LogP contribution in [0.1, 0.15) is 33.2 Å². The maximum Gasteiger partial charge on any atom is 0.416 e. The molecule has 23 heavy (non-hydrogen) atoms. The van der Waals surface area contributed by atoms with Crippen molar-refractivity contribution in [2.45, 2.75) is 19.2 Å². The van der Waals surface area contributed by atoms with Gasteiger partial charge < -0.3 is 10.4 Å². The van der Waals surface area contributed by atoms with Gasteiger partial charge in [-0.05, 0) is 36.2 Å². The number of hydrogen-bond donors (Lipinski definition) is 2. The number of aryl methyl sites for hydroxylation is 1. The van der Waals surface area contributed by atoms with E-state index in [1.54, 1.807) is 31.2 Å². The minimum atomic E-state index is -4.47. The number of carbonyl (C=O) groups is 1. The second-order valence-electron chi connectivity index (χ2n) is 5.16. The monoisotopic (exact) mass is 323 g/mol. The maximum atomic E-state index is 12.7. The largest absolute Gasteiger partial charge is 0.416 e. The second-order valence-corrected chi connectivity index (χ2v) is 5.16. The van der Waals surface area contributed by atoms with E-state index in [1.165, 1.54) is 12.1 Å². The van der Waals surface area contributed by atoms with E-state index >= 15 is 0 Å². The van der Waals surface area contributed by atoms with Crippen LogP contribution in [0.4, 0.5) is 13.2 Å². The number of carbonyl (C=O) groups excluding carboxylic acids is 1. The van der Waals surface area contributed by atoms with Gasteiger partial charge in [0.2, 0.25) is 0 Å². The summed E-state index contributed by atoms with van der Waals surface area (Å²) in [5, 5.41) is 12.5. The van der Waals surface area contributed by atoms with E-state index in [-0.39, 0.29) is 18.0 Å². The van der Waals surface area contributed by atoms with Crippen LogP contribution in [-0.4, -0.2) is 17.6 Å². The summed E-state index contributed by atoms with van der Waals surface area (Å²) < 4.78 is 38.0. The van der Waals surface area contributed by atoms with Crippen LogP contribution in [0, 0.1) is 6.92 Å². The van der Waals surface area contributed by atoms with Crippen molar-refractivity contribution in [3.8, 4) is 0 Å². The molecule has 2 rings (SSSR count). The van der Waals surface area contributed by atoms with Crippen molar-refractivity contribution in [1.29, 1.82) is 0 Å². The Morgan fingerprint density at radius 3 is 2.52 bits per heavy atom. The minimum Gasteiger partial charge on any atom is -0.387 e. The molecule has 122 valence electrons. The average Bonchev–Trinajstić information content (AvgIpc) is 2.52. The molecule has 0 fully saturated rings. The van der Waals surface area contributed by atoms with Crippen molar-refractivity contribution < 1.29 is 23.1 Å². The highest BCUT2D eigenvalue weighted by molar-refractivity contribution is 5.95. The third-order valence-corrected chi connectivity index (χ3v) is 3.44. The Hall–Kier alpha value is -2.34. The third kappa shape index (κ3) is 4.32. The number of amides is 1. The first kappa shape index (κ1) is 17.0. The third-order valence-electron chi connectivity index (χ3n) is 3.44. The van der Waals surface area contributed by atoms with Crippen LogP contribution in [0.5, 0.6) is 0 Å². The molecule has 0 saturated heterocycles. The summed E-state index contributed by atoms with van der Waals surface area (Å²) >= 11 is 0. The quantitative estimate of drug-likeness (QED) is 0.905. The lowest BCUT2D eigenvalue weighted by Gasteiger charge is -2.15. The summed E-state index contributed by atoms with van der Waals surface area (Å²) in [5.41, 5.74) is 0.506. The van der Waals surface area contributed by atoms with E-state index in [1.807, 2.05) is 0 Å². The molecule has 0 aliphatic carbocycles. The Morgan fingerprint density at radius 2 is 1.87 bits per heavy atom. The van der Waals surface area contributed by atoms with Gasteiger partial charge in [0.25, 0.3) is 5.91 Å². The maximum absolute atomic E-state index is 12.7. The summed E-state index contributed by atoms with van der Waals surface area (Å²) in [4.78, 5) is 12.0. The van der Waals surface area contributed by atoms with Crippen LogP contribution in [-0.2, 0) is 6.18 Å². The topological polar surface area (TPSA) is 49.3 Å². The molecule has 2 aromatic carbocycles. The first-order valence-corrected chi connectivity index (χ1v) is 6.98. The first-order chi connectivity index (χ1) is 10.8. The van der Waals surface area contributed by atoms with Gasteiger partial charge in [-0.2, -0.15) is 13.2 Å². The number of rotatable bonds is 4. The fraction of sp³-hybridized carbons (Fsp3) is 0.235. The number of alkyl halides is 3. The van der Waals surface area contributed by atoms with Crippen molar-refractivity contribution in [1.82, 2.24) is 5.32 Å². The summed E-state index contributed by atoms with van der Waals surface area (Å²) in [5.74, 6) is -0.380. The lowest BCUT2D eigenvalue weighted by Crippen LogP contribution is -2.29. The van der Waals surface area contributed by atoms with Crippen molar-refractivity contribution >= 4 is 5.91 Å². The fourth-order valence-corrected chi connectivity index (χ4v) is 2.15. The van der Waals surface area contributed by atoms with Crippen molar-refractivity contribution in [2.75, 3.05) is 6.54 Å². The molecule has 0 aliphatic heterocycles. The normalized spacial score (nSPS) is 12.7. The molecule has 6 heteroatoms. The molecule has 0 heterocycles. The molecule has 0 radical (unpaired) electrons. The average molecular weight is 323 g/mol. The number of aliphatic hydroxyl groups excluding tert-OH is 1. The lowest BCUT2D eigenvalue weighted by atomic mass is 10.0. The van der Waals surface area contributed by atoms with Crippen molar-refractivity contribution in [3.63, 3.8) is 0 Å². The van der Waals surface area contributed by atoms with Crippen LogP contribution >= 0.6 is 0 Å². The molecule has 0 saturated carbocycles. The minimum absolute atomic E-state index is 0.102. The SMILES string of the molecule is Cc1ccccc1C(=O)NCC(O)c1cccc(C(F)(F)F)c1. The second kappa shape index (κ2) is 6.83. The fourth-order valence-electron chi connectivity index (χ4n) is 2.15. The van der Waals surface area contributed by atoms with Gasteiger partial charge in [0, 0.05) is 12.1 Å². The molecular formula is C17H16F3NO2. The van der Waals surface area contributed by atoms with Crippen molar-refractivity contribution in [2.24, 2.45) is 0 Å². The van der Waals surface area contributed by atoms with Gasteiger partial charge in [0.05, 0.1) is 11.7 Å². The van der Waals surface area contributed by atoms with Crippen LogP contribution in [0.15, 0.2) is 48.5 Å². The molecule has 3 nitrogen and oxygen atoms in total. The zero-order chi connectivity index (χ0) is 17.0. The van der Waals surface area contributed by atoms with E-state index in [2.05, 4.69) is 5.32 Å². The number of hydrogen-bond acceptors (Lipinski definition) is 2. The predicted molar refractivity (Wildman–Crippen MR) is 79.9 cm³/mol. The molecule has 2 aromatic rings. The molecular weight excluding hydrogens is 307 g/mol. The zero-order valence-electron chi connectivity index (χ0n) is 12.4. The summed E-state index contributed by atoms with van der Waals surface area (Å²) in [6.07, 6.45) is -5.69. The molecule has 1 unspecified atom stereocenters. The van der Waals surface area contributed by atoms with Crippen LogP contribution in [0.25, 0.3) is 0 Å². The van der Waals surface area contributed by atoms with Gasteiger partial charge in [-0.25, -0.2) is 0 Å². The van der Waals surface area contributed by atoms with E-state index < -0.39 is 17.8 Å². The van der Waals surface area contributed by atoms with Crippen LogP contribution in [0.3, 0.4) is 0 Å². The Morgan fingerprint density at radius 1 is 1.17 bits per heavy atom.